The molecule has 0 bridgehead atoms. The van der Waals surface area contributed by atoms with Crippen LogP contribution in [0.3, 0.4) is 0 Å². The zero-order valence-electron chi connectivity index (χ0n) is 14.8. The summed E-state index contributed by atoms with van der Waals surface area (Å²) in [5, 5.41) is 6.75. The van der Waals surface area contributed by atoms with E-state index in [1.807, 2.05) is 37.3 Å². The number of benzene rings is 1. The minimum atomic E-state index is -0.256. The van der Waals surface area contributed by atoms with Crippen molar-refractivity contribution in [2.75, 3.05) is 13.2 Å². The number of rotatable bonds is 10. The molecule has 1 amide bonds. The molecule has 1 N–H and O–H groups in total. The van der Waals surface area contributed by atoms with E-state index in [0.29, 0.717) is 19.8 Å². The average molecular weight is 362 g/mol. The molecule has 6 heteroatoms. The van der Waals surface area contributed by atoms with Crippen LogP contribution in [0.1, 0.15) is 37.5 Å². The number of aryl methyl sites for hydroxylation is 1. The second kappa shape index (κ2) is 10.3. The first kappa shape index (κ1) is 19.5. The van der Waals surface area contributed by atoms with Crippen molar-refractivity contribution in [3.63, 3.8) is 0 Å². The van der Waals surface area contributed by atoms with Gasteiger partial charge < -0.3 is 14.6 Å². The second-order valence-electron chi connectivity index (χ2n) is 6.01. The second-order valence-corrected chi connectivity index (χ2v) is 6.79. The molecule has 0 saturated heterocycles. The molecule has 25 heavy (non-hydrogen) atoms. The normalized spacial score (nSPS) is 12.1. The molecule has 2 aromatic rings. The van der Waals surface area contributed by atoms with E-state index in [9.17, 15) is 4.79 Å². The smallest absolute Gasteiger partial charge is 0.232 e. The molecule has 1 aromatic heterocycles. The van der Waals surface area contributed by atoms with Gasteiger partial charge in [0.05, 0.1) is 11.9 Å². The molecule has 0 aliphatic rings. The predicted molar refractivity (Wildman–Crippen MR) is 102 cm³/mol. The maximum Gasteiger partial charge on any atom is 0.232 e. The van der Waals surface area contributed by atoms with Crippen LogP contribution >= 0.6 is 12.6 Å². The highest BCUT2D eigenvalue weighted by Crippen LogP contribution is 2.25. The Kier molecular flexibility index (Phi) is 8.01. The number of hydrogen-bond acceptors (Lipinski definition) is 5. The van der Waals surface area contributed by atoms with Crippen LogP contribution in [0, 0.1) is 6.92 Å². The van der Waals surface area contributed by atoms with Crippen LogP contribution in [0.2, 0.25) is 0 Å². The van der Waals surface area contributed by atoms with Crippen molar-refractivity contribution in [2.45, 2.75) is 45.0 Å². The van der Waals surface area contributed by atoms with Gasteiger partial charge >= 0.3 is 0 Å². The van der Waals surface area contributed by atoms with Crippen LogP contribution < -0.4 is 5.32 Å². The van der Waals surface area contributed by atoms with Gasteiger partial charge in [-0.1, -0.05) is 35.5 Å². The molecule has 2 rings (SSSR count). The van der Waals surface area contributed by atoms with Crippen molar-refractivity contribution >= 4 is 18.5 Å². The molecule has 0 aliphatic carbocycles. The lowest BCUT2D eigenvalue weighted by Crippen LogP contribution is -2.30. The SMILES string of the molecule is Cc1onc(-c2ccccc2)c1COCCCCCNC(=O)C(C)S. The molecular formula is C19H26N2O3S. The first-order valence-corrected chi connectivity index (χ1v) is 9.15. The van der Waals surface area contributed by atoms with E-state index in [2.05, 4.69) is 23.1 Å². The third kappa shape index (κ3) is 6.21. The van der Waals surface area contributed by atoms with Crippen LogP contribution in [-0.2, 0) is 16.1 Å². The minimum absolute atomic E-state index is 0.0176. The summed E-state index contributed by atoms with van der Waals surface area (Å²) in [6, 6.07) is 9.97. The fourth-order valence-corrected chi connectivity index (χ4v) is 2.51. The summed E-state index contributed by atoms with van der Waals surface area (Å²) in [7, 11) is 0. The number of hydrogen-bond donors (Lipinski definition) is 2. The van der Waals surface area contributed by atoms with Gasteiger partial charge in [0.1, 0.15) is 11.5 Å². The van der Waals surface area contributed by atoms with Crippen LogP contribution in [0.5, 0.6) is 0 Å². The van der Waals surface area contributed by atoms with E-state index in [1.54, 1.807) is 6.92 Å². The predicted octanol–water partition coefficient (Wildman–Crippen LogP) is 3.77. The quantitative estimate of drug-likeness (QED) is 0.499. The molecule has 5 nitrogen and oxygen atoms in total. The summed E-state index contributed by atoms with van der Waals surface area (Å²) in [5.41, 5.74) is 2.88. The van der Waals surface area contributed by atoms with Gasteiger partial charge in [0.25, 0.3) is 0 Å². The fourth-order valence-electron chi connectivity index (χ4n) is 2.42. The van der Waals surface area contributed by atoms with Crippen molar-refractivity contribution in [1.29, 1.82) is 0 Å². The molecule has 0 saturated carbocycles. The average Bonchev–Trinajstić information content (AvgIpc) is 2.98. The molecule has 0 spiro atoms. The van der Waals surface area contributed by atoms with E-state index in [1.165, 1.54) is 0 Å². The number of nitrogens with zero attached hydrogens (tertiary/aromatic N) is 1. The van der Waals surface area contributed by atoms with Crippen molar-refractivity contribution < 1.29 is 14.1 Å². The number of thiol groups is 1. The van der Waals surface area contributed by atoms with Gasteiger partial charge in [-0.25, -0.2) is 0 Å². The number of ether oxygens (including phenoxy) is 1. The molecule has 0 radical (unpaired) electrons. The Balaban J connectivity index is 1.68. The number of amides is 1. The van der Waals surface area contributed by atoms with Crippen LogP contribution in [-0.4, -0.2) is 29.5 Å². The van der Waals surface area contributed by atoms with E-state index in [0.717, 1.165) is 41.8 Å². The summed E-state index contributed by atoms with van der Waals surface area (Å²) in [6.45, 7) is 5.53. The summed E-state index contributed by atoms with van der Waals surface area (Å²) in [5.74, 6) is 0.776. The molecule has 136 valence electrons. The Morgan fingerprint density at radius 3 is 2.76 bits per heavy atom. The first-order valence-electron chi connectivity index (χ1n) is 8.63. The number of carbonyl (C=O) groups is 1. The number of nitrogens with one attached hydrogen (secondary N) is 1. The Bertz CT molecular complexity index is 656. The fraction of sp³-hybridized carbons (Fsp3) is 0.474. The van der Waals surface area contributed by atoms with Crippen LogP contribution in [0.15, 0.2) is 34.9 Å². The Morgan fingerprint density at radius 1 is 1.28 bits per heavy atom. The van der Waals surface area contributed by atoms with Crippen LogP contribution in [0.4, 0.5) is 0 Å². The van der Waals surface area contributed by atoms with Crippen molar-refractivity contribution in [3.05, 3.63) is 41.7 Å². The third-order valence-corrected chi connectivity index (χ3v) is 4.16. The summed E-state index contributed by atoms with van der Waals surface area (Å²) in [4.78, 5) is 11.4. The van der Waals surface area contributed by atoms with Gasteiger partial charge in [-0.15, -0.1) is 0 Å². The van der Waals surface area contributed by atoms with Crippen molar-refractivity contribution in [3.8, 4) is 11.3 Å². The van der Waals surface area contributed by atoms with E-state index >= 15 is 0 Å². The van der Waals surface area contributed by atoms with E-state index in [-0.39, 0.29) is 11.2 Å². The van der Waals surface area contributed by atoms with E-state index in [4.69, 9.17) is 9.26 Å². The van der Waals surface area contributed by atoms with Crippen molar-refractivity contribution in [2.24, 2.45) is 0 Å². The zero-order valence-corrected chi connectivity index (χ0v) is 15.7. The maximum absolute atomic E-state index is 11.4. The van der Waals surface area contributed by atoms with E-state index < -0.39 is 0 Å². The van der Waals surface area contributed by atoms with Crippen molar-refractivity contribution in [1.82, 2.24) is 10.5 Å². The highest BCUT2D eigenvalue weighted by molar-refractivity contribution is 7.81. The van der Waals surface area contributed by atoms with Gasteiger partial charge in [-0.05, 0) is 33.1 Å². The number of unbranched alkanes of at least 4 members (excludes halogenated alkanes) is 2. The molecule has 0 fully saturated rings. The lowest BCUT2D eigenvalue weighted by atomic mass is 10.1. The Morgan fingerprint density at radius 2 is 2.04 bits per heavy atom. The van der Waals surface area contributed by atoms with Crippen LogP contribution in [0.25, 0.3) is 11.3 Å². The highest BCUT2D eigenvalue weighted by Gasteiger charge is 2.14. The molecule has 1 atom stereocenters. The summed E-state index contributed by atoms with van der Waals surface area (Å²) in [6.07, 6.45) is 2.91. The third-order valence-electron chi connectivity index (χ3n) is 3.92. The molecule has 1 aromatic carbocycles. The molecule has 1 unspecified atom stereocenters. The standard InChI is InChI=1S/C19H26N2O3S/c1-14-17(18(21-24-14)16-9-5-3-6-10-16)13-23-12-8-4-7-11-20-19(22)15(2)25/h3,5-6,9-10,15,25H,4,7-8,11-13H2,1-2H3,(H,20,22). The largest absolute Gasteiger partial charge is 0.377 e. The molecular weight excluding hydrogens is 336 g/mol. The monoisotopic (exact) mass is 362 g/mol. The number of carbonyl (C=O) groups excluding carboxylic acids is 1. The van der Waals surface area contributed by atoms with Gasteiger partial charge in [-0.3, -0.25) is 4.79 Å². The Hall–Kier alpha value is -1.79. The first-order chi connectivity index (χ1) is 12.1. The van der Waals surface area contributed by atoms with Gasteiger partial charge in [0, 0.05) is 24.3 Å². The molecule has 1 heterocycles. The summed E-state index contributed by atoms with van der Waals surface area (Å²) < 4.78 is 11.1. The highest BCUT2D eigenvalue weighted by atomic mass is 32.1. The van der Waals surface area contributed by atoms with Gasteiger partial charge in [0.2, 0.25) is 5.91 Å². The lowest BCUT2D eigenvalue weighted by Gasteiger charge is -2.07. The molecule has 0 aliphatic heterocycles. The van der Waals surface area contributed by atoms with Gasteiger partial charge in [-0.2, -0.15) is 12.6 Å². The number of aromatic nitrogens is 1. The zero-order chi connectivity index (χ0) is 18.1. The Labute approximate surface area is 154 Å². The lowest BCUT2D eigenvalue weighted by molar-refractivity contribution is -0.120. The summed E-state index contributed by atoms with van der Waals surface area (Å²) >= 11 is 4.09. The minimum Gasteiger partial charge on any atom is -0.377 e. The van der Waals surface area contributed by atoms with Gasteiger partial charge in [0.15, 0.2) is 0 Å². The maximum atomic E-state index is 11.4. The topological polar surface area (TPSA) is 64.4 Å².